The van der Waals surface area contributed by atoms with E-state index in [-0.39, 0.29) is 12.5 Å². The molecular weight excluding hydrogens is 404 g/mol. The number of hydrogen-bond donors (Lipinski definition) is 1. The standard InChI is InChI=1S/C20H24N6OS2/c1-2-3-14-8-10-25(11-9-14)16-6-4-15(5-7-16)12-17-19(27)26(20(28)29-17)13-18-21-23-24-22-18/h4-7,12,14H,2-3,8-11,13H2,1H3,(H,21,22,23,24)/b17-12-. The molecule has 9 heteroatoms. The van der Waals surface area contributed by atoms with Gasteiger partial charge in [0.25, 0.3) is 5.91 Å². The molecular formula is C20H24N6OS2. The third kappa shape index (κ3) is 4.67. The highest BCUT2D eigenvalue weighted by Crippen LogP contribution is 2.33. The Morgan fingerprint density at radius 3 is 2.69 bits per heavy atom. The van der Waals surface area contributed by atoms with Gasteiger partial charge in [0.1, 0.15) is 4.32 Å². The van der Waals surface area contributed by atoms with Crippen molar-refractivity contribution in [3.63, 3.8) is 0 Å². The van der Waals surface area contributed by atoms with Gasteiger partial charge in [-0.1, -0.05) is 55.9 Å². The van der Waals surface area contributed by atoms with Crippen LogP contribution in [-0.2, 0) is 11.3 Å². The van der Waals surface area contributed by atoms with E-state index < -0.39 is 0 Å². The molecule has 0 radical (unpaired) electrons. The summed E-state index contributed by atoms with van der Waals surface area (Å²) in [6.45, 7) is 4.77. The van der Waals surface area contributed by atoms with E-state index in [4.69, 9.17) is 12.2 Å². The fraction of sp³-hybridized carbons (Fsp3) is 0.450. The van der Waals surface area contributed by atoms with Crippen molar-refractivity contribution in [2.24, 2.45) is 5.92 Å². The molecule has 1 amide bonds. The maximum atomic E-state index is 12.7. The van der Waals surface area contributed by atoms with Crippen LogP contribution in [0, 0.1) is 5.92 Å². The SMILES string of the molecule is CCCC1CCN(c2ccc(/C=C3\SC(=S)N(Cc4nnn[nH]4)C3=O)cc2)CC1. The fourth-order valence-electron chi connectivity index (χ4n) is 3.85. The number of aromatic nitrogens is 4. The molecule has 29 heavy (non-hydrogen) atoms. The summed E-state index contributed by atoms with van der Waals surface area (Å²) < 4.78 is 0.518. The van der Waals surface area contributed by atoms with E-state index in [0.29, 0.717) is 15.1 Å². The first-order valence-corrected chi connectivity index (χ1v) is 11.2. The van der Waals surface area contributed by atoms with Crippen molar-refractivity contribution >= 4 is 46.0 Å². The first-order valence-electron chi connectivity index (χ1n) is 9.97. The quantitative estimate of drug-likeness (QED) is 0.556. The minimum Gasteiger partial charge on any atom is -0.372 e. The van der Waals surface area contributed by atoms with Crippen LogP contribution in [0.3, 0.4) is 0 Å². The van der Waals surface area contributed by atoms with E-state index in [0.717, 1.165) is 24.6 Å². The number of thioether (sulfide) groups is 1. The lowest BCUT2D eigenvalue weighted by atomic mass is 9.92. The number of hydrogen-bond acceptors (Lipinski definition) is 7. The van der Waals surface area contributed by atoms with Gasteiger partial charge in [0, 0.05) is 18.8 Å². The molecule has 2 aliphatic rings. The van der Waals surface area contributed by atoms with Crippen molar-refractivity contribution < 1.29 is 4.79 Å². The molecule has 2 aromatic rings. The van der Waals surface area contributed by atoms with Crippen LogP contribution in [0.25, 0.3) is 6.08 Å². The van der Waals surface area contributed by atoms with Crippen LogP contribution in [0.5, 0.6) is 0 Å². The van der Waals surface area contributed by atoms with Gasteiger partial charge in [-0.3, -0.25) is 9.69 Å². The molecule has 1 N–H and O–H groups in total. The molecule has 1 aromatic heterocycles. The van der Waals surface area contributed by atoms with E-state index in [1.165, 1.54) is 48.0 Å². The second-order valence-electron chi connectivity index (χ2n) is 7.43. The van der Waals surface area contributed by atoms with Crippen molar-refractivity contribution in [2.75, 3.05) is 18.0 Å². The maximum absolute atomic E-state index is 12.7. The highest BCUT2D eigenvalue weighted by Gasteiger charge is 2.32. The van der Waals surface area contributed by atoms with Crippen LogP contribution in [0.2, 0.25) is 0 Å². The molecule has 1 aromatic carbocycles. The second-order valence-corrected chi connectivity index (χ2v) is 9.10. The molecule has 0 unspecified atom stereocenters. The third-order valence-electron chi connectivity index (χ3n) is 5.44. The topological polar surface area (TPSA) is 78.0 Å². The van der Waals surface area contributed by atoms with Gasteiger partial charge in [0.2, 0.25) is 0 Å². The van der Waals surface area contributed by atoms with Gasteiger partial charge in [-0.2, -0.15) is 0 Å². The summed E-state index contributed by atoms with van der Waals surface area (Å²) >= 11 is 6.67. The van der Waals surface area contributed by atoms with Gasteiger partial charge in [-0.05, 0) is 53.0 Å². The molecule has 152 valence electrons. The van der Waals surface area contributed by atoms with Crippen molar-refractivity contribution in [3.8, 4) is 0 Å². The minimum atomic E-state index is -0.113. The van der Waals surface area contributed by atoms with Crippen LogP contribution >= 0.6 is 24.0 Å². The number of aromatic amines is 1. The van der Waals surface area contributed by atoms with Crippen LogP contribution in [0.1, 0.15) is 44.0 Å². The molecule has 0 spiro atoms. The number of nitrogens with zero attached hydrogens (tertiary/aromatic N) is 5. The smallest absolute Gasteiger partial charge is 0.266 e. The molecule has 0 saturated carbocycles. The lowest BCUT2D eigenvalue weighted by molar-refractivity contribution is -0.122. The number of H-pyrrole nitrogens is 1. The zero-order valence-corrected chi connectivity index (χ0v) is 18.0. The molecule has 2 aliphatic heterocycles. The molecule has 2 fully saturated rings. The van der Waals surface area contributed by atoms with Crippen LogP contribution < -0.4 is 4.90 Å². The Kier molecular flexibility index (Phi) is 6.25. The molecule has 0 atom stereocenters. The van der Waals surface area contributed by atoms with Crippen molar-refractivity contribution in [3.05, 3.63) is 40.6 Å². The predicted molar refractivity (Wildman–Crippen MR) is 119 cm³/mol. The van der Waals surface area contributed by atoms with Gasteiger partial charge < -0.3 is 4.90 Å². The van der Waals surface area contributed by atoms with Gasteiger partial charge in [-0.15, -0.1) is 5.10 Å². The molecule has 7 nitrogen and oxygen atoms in total. The zero-order chi connectivity index (χ0) is 20.2. The van der Waals surface area contributed by atoms with Crippen LogP contribution in [0.4, 0.5) is 5.69 Å². The number of carbonyl (C=O) groups is 1. The normalized spacial score (nSPS) is 19.6. The predicted octanol–water partition coefficient (Wildman–Crippen LogP) is 3.62. The Hall–Kier alpha value is -2.26. The molecule has 0 bridgehead atoms. The summed E-state index contributed by atoms with van der Waals surface area (Å²) in [7, 11) is 0. The van der Waals surface area contributed by atoms with Crippen molar-refractivity contribution in [1.82, 2.24) is 25.5 Å². The number of amides is 1. The average Bonchev–Trinajstić information content (AvgIpc) is 3.34. The number of piperidine rings is 1. The van der Waals surface area contributed by atoms with Crippen molar-refractivity contribution in [1.29, 1.82) is 0 Å². The summed E-state index contributed by atoms with van der Waals surface area (Å²) in [5, 5.41) is 13.5. The van der Waals surface area contributed by atoms with E-state index in [1.807, 2.05) is 6.08 Å². The minimum absolute atomic E-state index is 0.113. The van der Waals surface area contributed by atoms with Gasteiger partial charge in [0.05, 0.1) is 11.4 Å². The fourth-order valence-corrected chi connectivity index (χ4v) is 5.11. The summed E-state index contributed by atoms with van der Waals surface area (Å²) in [6, 6.07) is 8.43. The van der Waals surface area contributed by atoms with Gasteiger partial charge in [-0.25, -0.2) is 5.10 Å². The summed E-state index contributed by atoms with van der Waals surface area (Å²) in [5.41, 5.74) is 2.25. The number of benzene rings is 1. The third-order valence-corrected chi connectivity index (χ3v) is 6.82. The van der Waals surface area contributed by atoms with Crippen molar-refractivity contribution in [2.45, 2.75) is 39.2 Å². The Morgan fingerprint density at radius 1 is 1.28 bits per heavy atom. The highest BCUT2D eigenvalue weighted by atomic mass is 32.2. The van der Waals surface area contributed by atoms with E-state index in [1.54, 1.807) is 0 Å². The van der Waals surface area contributed by atoms with Crippen LogP contribution in [-0.4, -0.2) is 48.8 Å². The number of thiocarbonyl (C=S) groups is 1. The Labute approximate surface area is 179 Å². The molecule has 2 saturated heterocycles. The van der Waals surface area contributed by atoms with Gasteiger partial charge in [0.15, 0.2) is 5.82 Å². The summed E-state index contributed by atoms with van der Waals surface area (Å²) in [4.78, 5) is 17.3. The van der Waals surface area contributed by atoms with E-state index in [2.05, 4.69) is 56.7 Å². The lowest BCUT2D eigenvalue weighted by Gasteiger charge is -2.33. The number of tetrazole rings is 1. The molecule has 4 rings (SSSR count). The number of anilines is 1. The number of carbonyl (C=O) groups excluding carboxylic acids is 1. The average molecular weight is 429 g/mol. The Morgan fingerprint density at radius 2 is 2.03 bits per heavy atom. The summed E-state index contributed by atoms with van der Waals surface area (Å²) in [6.07, 6.45) is 7.07. The highest BCUT2D eigenvalue weighted by molar-refractivity contribution is 8.26. The maximum Gasteiger partial charge on any atom is 0.266 e. The zero-order valence-electron chi connectivity index (χ0n) is 16.4. The lowest BCUT2D eigenvalue weighted by Crippen LogP contribution is -2.33. The largest absolute Gasteiger partial charge is 0.372 e. The second kappa shape index (κ2) is 9.04. The van der Waals surface area contributed by atoms with Gasteiger partial charge >= 0.3 is 0 Å². The summed E-state index contributed by atoms with van der Waals surface area (Å²) in [5.74, 6) is 1.28. The van der Waals surface area contributed by atoms with E-state index in [9.17, 15) is 4.79 Å². The monoisotopic (exact) mass is 428 g/mol. The Bertz CT molecular complexity index is 888. The van der Waals surface area contributed by atoms with Crippen LogP contribution in [0.15, 0.2) is 29.2 Å². The first kappa shape index (κ1) is 20.0. The molecule has 0 aliphatic carbocycles. The van der Waals surface area contributed by atoms with E-state index >= 15 is 0 Å². The molecule has 3 heterocycles. The Balaban J connectivity index is 1.40. The number of nitrogens with one attached hydrogen (secondary N) is 1. The number of rotatable bonds is 6. The first-order chi connectivity index (χ1) is 14.1.